The number of rotatable bonds is 6. The molecule has 0 spiro atoms. The van der Waals surface area contributed by atoms with Gasteiger partial charge in [0.1, 0.15) is 5.75 Å². The molecule has 1 N–H and O–H groups in total. The van der Waals surface area contributed by atoms with Crippen LogP contribution in [0, 0.1) is 0 Å². The zero-order chi connectivity index (χ0) is 16.3. The Morgan fingerprint density at radius 2 is 1.91 bits per heavy atom. The van der Waals surface area contributed by atoms with Gasteiger partial charge in [-0.05, 0) is 18.1 Å². The van der Waals surface area contributed by atoms with Crippen molar-refractivity contribution in [3.05, 3.63) is 53.1 Å². The minimum atomic E-state index is -1.12. The van der Waals surface area contributed by atoms with Gasteiger partial charge in [0.2, 0.25) is 0 Å². The number of carbonyl (C=O) groups excluding carboxylic acids is 1. The first-order valence-electron chi connectivity index (χ1n) is 6.74. The molecule has 114 valence electrons. The lowest BCUT2D eigenvalue weighted by Gasteiger charge is -2.14. The van der Waals surface area contributed by atoms with Crippen LogP contribution < -0.4 is 4.74 Å². The first-order valence-corrected chi connectivity index (χ1v) is 7.11. The minimum absolute atomic E-state index is 0.224. The van der Waals surface area contributed by atoms with Crippen LogP contribution in [0.1, 0.15) is 23.7 Å². The Balaban J connectivity index is 2.67. The van der Waals surface area contributed by atoms with Crippen molar-refractivity contribution in [2.24, 2.45) is 0 Å². The van der Waals surface area contributed by atoms with Crippen LogP contribution in [-0.4, -0.2) is 23.5 Å². The van der Waals surface area contributed by atoms with Crippen molar-refractivity contribution in [2.45, 2.75) is 13.3 Å². The summed E-state index contributed by atoms with van der Waals surface area (Å²) in [5, 5.41) is 10.5. The summed E-state index contributed by atoms with van der Waals surface area (Å²) >= 11 is 6.24. The SMILES string of the molecule is C=C(CC)C(=O)c1cc(Cl)c2ccccc2c1OCC(=O)O. The predicted molar refractivity (Wildman–Crippen MR) is 85.9 cm³/mol. The van der Waals surface area contributed by atoms with Gasteiger partial charge >= 0.3 is 5.97 Å². The number of ketones is 1. The number of ether oxygens (including phenoxy) is 1. The molecule has 0 bridgehead atoms. The third-order valence-electron chi connectivity index (χ3n) is 3.28. The molecule has 0 aliphatic heterocycles. The number of allylic oxidation sites excluding steroid dienone is 1. The van der Waals surface area contributed by atoms with E-state index in [1.807, 2.05) is 13.0 Å². The standard InChI is InChI=1S/C17H15ClO4/c1-3-10(2)16(21)13-8-14(18)11-6-4-5-7-12(11)17(13)22-9-15(19)20/h4-8H,2-3,9H2,1H3,(H,19,20). The number of carboxylic acids is 1. The van der Waals surface area contributed by atoms with E-state index in [4.69, 9.17) is 21.4 Å². The first-order chi connectivity index (χ1) is 10.5. The second-order valence-corrected chi connectivity index (χ2v) is 5.16. The normalized spacial score (nSPS) is 10.5. The summed E-state index contributed by atoms with van der Waals surface area (Å²) in [5.74, 6) is -1.19. The minimum Gasteiger partial charge on any atom is -0.480 e. The van der Waals surface area contributed by atoms with Gasteiger partial charge < -0.3 is 9.84 Å². The van der Waals surface area contributed by atoms with Gasteiger partial charge in [0.15, 0.2) is 12.4 Å². The number of Topliss-reactive ketones (excluding diaryl/α,β-unsaturated/α-hetero) is 1. The highest BCUT2D eigenvalue weighted by Crippen LogP contribution is 2.36. The van der Waals surface area contributed by atoms with Crippen molar-refractivity contribution in [1.29, 1.82) is 0 Å². The van der Waals surface area contributed by atoms with E-state index in [0.29, 0.717) is 27.8 Å². The molecular formula is C17H15ClO4. The summed E-state index contributed by atoms with van der Waals surface area (Å²) < 4.78 is 5.36. The summed E-state index contributed by atoms with van der Waals surface area (Å²) in [6.07, 6.45) is 0.488. The first kappa shape index (κ1) is 16.0. The summed E-state index contributed by atoms with van der Waals surface area (Å²) in [6, 6.07) is 8.61. The topological polar surface area (TPSA) is 63.6 Å². The second kappa shape index (κ2) is 6.62. The van der Waals surface area contributed by atoms with Crippen LogP contribution in [-0.2, 0) is 4.79 Å². The van der Waals surface area contributed by atoms with Crippen LogP contribution >= 0.6 is 11.6 Å². The van der Waals surface area contributed by atoms with Crippen molar-refractivity contribution in [3.8, 4) is 5.75 Å². The molecule has 0 amide bonds. The smallest absolute Gasteiger partial charge is 0.341 e. The molecule has 22 heavy (non-hydrogen) atoms. The van der Waals surface area contributed by atoms with Crippen LogP contribution in [0.15, 0.2) is 42.5 Å². The summed E-state index contributed by atoms with van der Waals surface area (Å²) in [7, 11) is 0. The Labute approximate surface area is 133 Å². The zero-order valence-electron chi connectivity index (χ0n) is 12.1. The van der Waals surface area contributed by atoms with E-state index in [-0.39, 0.29) is 17.1 Å². The van der Waals surface area contributed by atoms with Crippen LogP contribution in [0.3, 0.4) is 0 Å². The lowest BCUT2D eigenvalue weighted by molar-refractivity contribution is -0.139. The number of carbonyl (C=O) groups is 2. The van der Waals surface area contributed by atoms with E-state index in [9.17, 15) is 9.59 Å². The molecule has 2 aromatic rings. The molecule has 0 fully saturated rings. The van der Waals surface area contributed by atoms with Gasteiger partial charge in [-0.25, -0.2) is 4.79 Å². The number of fused-ring (bicyclic) bond motifs is 1. The molecule has 5 heteroatoms. The van der Waals surface area contributed by atoms with Crippen molar-refractivity contribution < 1.29 is 19.4 Å². The van der Waals surface area contributed by atoms with Gasteiger partial charge in [0, 0.05) is 15.8 Å². The third kappa shape index (κ3) is 3.12. The van der Waals surface area contributed by atoms with Crippen molar-refractivity contribution in [3.63, 3.8) is 0 Å². The Hall–Kier alpha value is -2.33. The fraction of sp³-hybridized carbons (Fsp3) is 0.176. The fourth-order valence-electron chi connectivity index (χ4n) is 2.11. The number of hydrogen-bond acceptors (Lipinski definition) is 3. The van der Waals surface area contributed by atoms with Crippen molar-refractivity contribution in [1.82, 2.24) is 0 Å². The maximum Gasteiger partial charge on any atom is 0.341 e. The number of hydrogen-bond donors (Lipinski definition) is 1. The second-order valence-electron chi connectivity index (χ2n) is 4.75. The summed E-state index contributed by atoms with van der Waals surface area (Å²) in [6.45, 7) is 5.01. The molecule has 4 nitrogen and oxygen atoms in total. The van der Waals surface area contributed by atoms with Gasteiger partial charge in [-0.2, -0.15) is 0 Å². The lowest BCUT2D eigenvalue weighted by atomic mass is 9.98. The molecule has 0 saturated heterocycles. The van der Waals surface area contributed by atoms with E-state index in [0.717, 1.165) is 0 Å². The van der Waals surface area contributed by atoms with Gasteiger partial charge in [-0.15, -0.1) is 0 Å². The zero-order valence-corrected chi connectivity index (χ0v) is 12.8. The van der Waals surface area contributed by atoms with E-state index < -0.39 is 12.6 Å². The molecule has 0 aliphatic carbocycles. The summed E-state index contributed by atoms with van der Waals surface area (Å²) in [5.41, 5.74) is 0.642. The predicted octanol–water partition coefficient (Wildman–Crippen LogP) is 4.11. The molecule has 0 aliphatic rings. The van der Waals surface area contributed by atoms with Gasteiger partial charge in [0.05, 0.1) is 5.56 Å². The maximum atomic E-state index is 12.5. The van der Waals surface area contributed by atoms with Crippen LogP contribution in [0.4, 0.5) is 0 Å². The summed E-state index contributed by atoms with van der Waals surface area (Å²) in [4.78, 5) is 23.2. The molecule has 0 aromatic heterocycles. The number of halogens is 1. The molecular weight excluding hydrogens is 304 g/mol. The van der Waals surface area contributed by atoms with Crippen LogP contribution in [0.2, 0.25) is 5.02 Å². The van der Waals surface area contributed by atoms with Gasteiger partial charge in [-0.3, -0.25) is 4.79 Å². The highest BCUT2D eigenvalue weighted by atomic mass is 35.5. The molecule has 2 rings (SSSR count). The third-order valence-corrected chi connectivity index (χ3v) is 3.59. The average Bonchev–Trinajstić information content (AvgIpc) is 2.52. The number of benzene rings is 2. The monoisotopic (exact) mass is 318 g/mol. The Bertz CT molecular complexity index is 765. The van der Waals surface area contributed by atoms with Gasteiger partial charge in [-0.1, -0.05) is 49.4 Å². The average molecular weight is 319 g/mol. The van der Waals surface area contributed by atoms with Crippen LogP contribution in [0.25, 0.3) is 10.8 Å². The Morgan fingerprint density at radius 1 is 1.27 bits per heavy atom. The fourth-order valence-corrected chi connectivity index (χ4v) is 2.39. The molecule has 0 heterocycles. The molecule has 0 unspecified atom stereocenters. The lowest BCUT2D eigenvalue weighted by Crippen LogP contribution is -2.13. The maximum absolute atomic E-state index is 12.5. The van der Waals surface area contributed by atoms with Crippen molar-refractivity contribution in [2.75, 3.05) is 6.61 Å². The van der Waals surface area contributed by atoms with E-state index >= 15 is 0 Å². The molecule has 2 aromatic carbocycles. The largest absolute Gasteiger partial charge is 0.480 e. The highest BCUT2D eigenvalue weighted by molar-refractivity contribution is 6.36. The number of aliphatic carboxylic acids is 1. The Morgan fingerprint density at radius 3 is 2.50 bits per heavy atom. The molecule has 0 saturated carbocycles. The molecule has 0 radical (unpaired) electrons. The van der Waals surface area contributed by atoms with Crippen molar-refractivity contribution >= 4 is 34.1 Å². The van der Waals surface area contributed by atoms with E-state index in [1.165, 1.54) is 6.07 Å². The van der Waals surface area contributed by atoms with Crippen LogP contribution in [0.5, 0.6) is 5.75 Å². The quantitative estimate of drug-likeness (QED) is 0.643. The highest BCUT2D eigenvalue weighted by Gasteiger charge is 2.20. The Kier molecular flexibility index (Phi) is 4.83. The number of carboxylic acid groups (broad SMARTS) is 1. The molecule has 0 atom stereocenters. The van der Waals surface area contributed by atoms with E-state index in [1.54, 1.807) is 18.2 Å². The van der Waals surface area contributed by atoms with Gasteiger partial charge in [0.25, 0.3) is 0 Å². The van der Waals surface area contributed by atoms with E-state index in [2.05, 4.69) is 6.58 Å².